The summed E-state index contributed by atoms with van der Waals surface area (Å²) in [5.74, 6) is -3.84. The first-order valence-electron chi connectivity index (χ1n) is 5.51. The Labute approximate surface area is 104 Å². The van der Waals surface area contributed by atoms with Crippen LogP contribution in [0.25, 0.3) is 0 Å². The number of benzene rings is 1. The molecule has 3 nitrogen and oxygen atoms in total. The molecule has 0 saturated carbocycles. The number of carbonyl (C=O) groups excluding carboxylic acids is 1. The minimum Gasteiger partial charge on any atom is -0.294 e. The average Bonchev–Trinajstić information content (AvgIpc) is 2.65. The molecule has 0 amide bonds. The van der Waals surface area contributed by atoms with Crippen LogP contribution in [0.4, 0.5) is 8.78 Å². The van der Waals surface area contributed by atoms with Gasteiger partial charge in [-0.25, -0.2) is 17.2 Å². The zero-order valence-corrected chi connectivity index (χ0v) is 10.6. The summed E-state index contributed by atoms with van der Waals surface area (Å²) in [4.78, 5) is 12.0. The number of carbonyl (C=O) groups is 1. The molecule has 0 aliphatic carbocycles. The molecule has 1 aliphatic rings. The van der Waals surface area contributed by atoms with Gasteiger partial charge in [-0.2, -0.15) is 0 Å². The summed E-state index contributed by atoms with van der Waals surface area (Å²) < 4.78 is 49.8. The molecule has 1 saturated heterocycles. The van der Waals surface area contributed by atoms with Crippen LogP contribution in [0.5, 0.6) is 0 Å². The predicted molar refractivity (Wildman–Crippen MR) is 62.2 cm³/mol. The third-order valence-corrected chi connectivity index (χ3v) is 4.90. The molecule has 1 heterocycles. The molecule has 98 valence electrons. The molecule has 1 aromatic carbocycles. The number of sulfone groups is 1. The van der Waals surface area contributed by atoms with Crippen LogP contribution in [0.15, 0.2) is 12.1 Å². The van der Waals surface area contributed by atoms with Crippen LogP contribution >= 0.6 is 0 Å². The van der Waals surface area contributed by atoms with Crippen molar-refractivity contribution >= 4 is 15.6 Å². The Morgan fingerprint density at radius 1 is 1.33 bits per heavy atom. The standard InChI is InChI=1S/C12H12F2O3S/c1-7-2-3-9(13)10(11(7)14)12(15)8-4-5-18(16,17)6-8/h2-3,8H,4-6H2,1H3. The van der Waals surface area contributed by atoms with Crippen molar-refractivity contribution in [2.45, 2.75) is 13.3 Å². The van der Waals surface area contributed by atoms with Gasteiger partial charge in [0.05, 0.1) is 17.1 Å². The minimum atomic E-state index is -3.25. The summed E-state index contributed by atoms with van der Waals surface area (Å²) in [6.07, 6.45) is 0.133. The van der Waals surface area contributed by atoms with Gasteiger partial charge in [-0.1, -0.05) is 6.07 Å². The maximum absolute atomic E-state index is 13.7. The lowest BCUT2D eigenvalue weighted by atomic mass is 9.95. The highest BCUT2D eigenvalue weighted by atomic mass is 32.2. The van der Waals surface area contributed by atoms with Gasteiger partial charge >= 0.3 is 0 Å². The van der Waals surface area contributed by atoms with Crippen molar-refractivity contribution in [3.63, 3.8) is 0 Å². The van der Waals surface area contributed by atoms with E-state index in [-0.39, 0.29) is 23.5 Å². The number of hydrogen-bond donors (Lipinski definition) is 0. The molecular weight excluding hydrogens is 262 g/mol. The topological polar surface area (TPSA) is 51.2 Å². The lowest BCUT2D eigenvalue weighted by molar-refractivity contribution is 0.0924. The molecule has 1 fully saturated rings. The molecule has 1 atom stereocenters. The van der Waals surface area contributed by atoms with E-state index >= 15 is 0 Å². The van der Waals surface area contributed by atoms with Gasteiger partial charge in [0.1, 0.15) is 11.6 Å². The highest BCUT2D eigenvalue weighted by Gasteiger charge is 2.35. The normalized spacial score (nSPS) is 22.1. The van der Waals surface area contributed by atoms with Crippen LogP contribution in [-0.4, -0.2) is 25.7 Å². The molecule has 18 heavy (non-hydrogen) atoms. The Morgan fingerprint density at radius 2 is 2.00 bits per heavy atom. The second kappa shape index (κ2) is 4.42. The fourth-order valence-corrected chi connectivity index (χ4v) is 3.83. The fraction of sp³-hybridized carbons (Fsp3) is 0.417. The molecule has 0 bridgehead atoms. The number of Topliss-reactive ketones (excluding diaryl/α,β-unsaturated/α-hetero) is 1. The second-order valence-corrected chi connectivity index (χ2v) is 6.75. The van der Waals surface area contributed by atoms with Crippen LogP contribution in [0.2, 0.25) is 0 Å². The smallest absolute Gasteiger partial charge is 0.172 e. The number of hydrogen-bond acceptors (Lipinski definition) is 3. The first-order valence-corrected chi connectivity index (χ1v) is 7.33. The summed E-state index contributed by atoms with van der Waals surface area (Å²) in [6, 6.07) is 2.27. The highest BCUT2D eigenvalue weighted by molar-refractivity contribution is 7.91. The van der Waals surface area contributed by atoms with Crippen molar-refractivity contribution in [1.29, 1.82) is 0 Å². The van der Waals surface area contributed by atoms with Crippen molar-refractivity contribution in [3.05, 3.63) is 34.9 Å². The van der Waals surface area contributed by atoms with Gasteiger partial charge in [0.15, 0.2) is 15.6 Å². The van der Waals surface area contributed by atoms with Gasteiger partial charge in [0.2, 0.25) is 0 Å². The predicted octanol–water partition coefficient (Wildman–Crippen LogP) is 1.89. The summed E-state index contributed by atoms with van der Waals surface area (Å²) >= 11 is 0. The second-order valence-electron chi connectivity index (χ2n) is 4.52. The van der Waals surface area contributed by atoms with Crippen LogP contribution in [0.1, 0.15) is 22.3 Å². The van der Waals surface area contributed by atoms with Crippen LogP contribution in [0.3, 0.4) is 0 Å². The van der Waals surface area contributed by atoms with Crippen molar-refractivity contribution in [3.8, 4) is 0 Å². The Balaban J connectivity index is 2.39. The number of rotatable bonds is 2. The SMILES string of the molecule is Cc1ccc(F)c(C(=O)C2CCS(=O)(=O)C2)c1F. The summed E-state index contributed by atoms with van der Waals surface area (Å²) in [6.45, 7) is 1.43. The monoisotopic (exact) mass is 274 g/mol. The Hall–Kier alpha value is -1.30. The molecule has 0 radical (unpaired) electrons. The molecule has 0 spiro atoms. The average molecular weight is 274 g/mol. The molecule has 0 aromatic heterocycles. The molecule has 2 rings (SSSR count). The quantitative estimate of drug-likeness (QED) is 0.774. The zero-order valence-electron chi connectivity index (χ0n) is 9.74. The van der Waals surface area contributed by atoms with E-state index in [0.717, 1.165) is 6.07 Å². The number of aryl methyl sites for hydroxylation is 1. The van der Waals surface area contributed by atoms with E-state index in [4.69, 9.17) is 0 Å². The van der Waals surface area contributed by atoms with Crippen molar-refractivity contribution in [2.24, 2.45) is 5.92 Å². The lowest BCUT2D eigenvalue weighted by Gasteiger charge is -2.10. The third-order valence-electron chi connectivity index (χ3n) is 3.13. The van der Waals surface area contributed by atoms with Gasteiger partial charge in [-0.05, 0) is 25.0 Å². The minimum absolute atomic E-state index is 0.0987. The van der Waals surface area contributed by atoms with Crippen LogP contribution < -0.4 is 0 Å². The Bertz CT molecular complexity index is 608. The van der Waals surface area contributed by atoms with Crippen LogP contribution in [0, 0.1) is 24.5 Å². The van der Waals surface area contributed by atoms with E-state index < -0.39 is 38.7 Å². The van der Waals surface area contributed by atoms with Gasteiger partial charge in [-0.3, -0.25) is 4.79 Å². The van der Waals surface area contributed by atoms with Crippen LogP contribution in [-0.2, 0) is 9.84 Å². The molecular formula is C12H12F2O3S. The lowest BCUT2D eigenvalue weighted by Crippen LogP contribution is -2.19. The maximum Gasteiger partial charge on any atom is 0.172 e. The van der Waals surface area contributed by atoms with E-state index in [0.29, 0.717) is 0 Å². The largest absolute Gasteiger partial charge is 0.294 e. The highest BCUT2D eigenvalue weighted by Crippen LogP contribution is 2.26. The fourth-order valence-electron chi connectivity index (χ4n) is 2.09. The van der Waals surface area contributed by atoms with E-state index in [1.807, 2.05) is 0 Å². The Kier molecular flexibility index (Phi) is 3.23. The first-order chi connectivity index (χ1) is 8.32. The molecule has 1 unspecified atom stereocenters. The van der Waals surface area contributed by atoms with Gasteiger partial charge in [0.25, 0.3) is 0 Å². The molecule has 6 heteroatoms. The molecule has 1 aromatic rings. The zero-order chi connectivity index (χ0) is 13.5. The maximum atomic E-state index is 13.7. The molecule has 1 aliphatic heterocycles. The Morgan fingerprint density at radius 3 is 2.56 bits per heavy atom. The van der Waals surface area contributed by atoms with E-state index in [9.17, 15) is 22.0 Å². The first kappa shape index (κ1) is 13.1. The third kappa shape index (κ3) is 2.29. The van der Waals surface area contributed by atoms with Gasteiger partial charge < -0.3 is 0 Å². The van der Waals surface area contributed by atoms with Gasteiger partial charge in [0, 0.05) is 5.92 Å². The van der Waals surface area contributed by atoms with Crippen molar-refractivity contribution in [1.82, 2.24) is 0 Å². The van der Waals surface area contributed by atoms with Gasteiger partial charge in [-0.15, -0.1) is 0 Å². The number of ketones is 1. The number of halogens is 2. The summed E-state index contributed by atoms with van der Waals surface area (Å²) in [7, 11) is -3.25. The van der Waals surface area contributed by atoms with Crippen molar-refractivity contribution < 1.29 is 22.0 Å². The molecule has 0 N–H and O–H groups in total. The summed E-state index contributed by atoms with van der Waals surface area (Å²) in [5, 5.41) is 0. The van der Waals surface area contributed by atoms with E-state index in [2.05, 4.69) is 0 Å². The van der Waals surface area contributed by atoms with Crippen molar-refractivity contribution in [2.75, 3.05) is 11.5 Å². The van der Waals surface area contributed by atoms with E-state index in [1.54, 1.807) is 0 Å². The summed E-state index contributed by atoms with van der Waals surface area (Å²) in [5.41, 5.74) is -0.447. The van der Waals surface area contributed by atoms with E-state index in [1.165, 1.54) is 13.0 Å².